The summed E-state index contributed by atoms with van der Waals surface area (Å²) in [5.74, 6) is -0.204. The predicted molar refractivity (Wildman–Crippen MR) is 71.8 cm³/mol. The van der Waals surface area contributed by atoms with Gasteiger partial charge >= 0.3 is 5.97 Å². The summed E-state index contributed by atoms with van der Waals surface area (Å²) in [6, 6.07) is 5.44. The predicted octanol–water partition coefficient (Wildman–Crippen LogP) is 3.14. The number of rotatable bonds is 7. The first-order valence-electron chi connectivity index (χ1n) is 5.86. The summed E-state index contributed by atoms with van der Waals surface area (Å²) in [6.07, 6.45) is 0.204. The van der Waals surface area contributed by atoms with Crippen molar-refractivity contribution >= 4 is 21.9 Å². The molecule has 0 saturated heterocycles. The van der Waals surface area contributed by atoms with Gasteiger partial charge in [-0.2, -0.15) is 0 Å². The Labute approximate surface area is 115 Å². The maximum absolute atomic E-state index is 10.4. The molecule has 5 heteroatoms. The van der Waals surface area contributed by atoms with Crippen molar-refractivity contribution in [2.75, 3.05) is 6.61 Å². The van der Waals surface area contributed by atoms with Crippen molar-refractivity contribution < 1.29 is 19.7 Å². The molecule has 1 atom stereocenters. The van der Waals surface area contributed by atoms with Gasteiger partial charge in [-0.05, 0) is 38.0 Å². The van der Waals surface area contributed by atoms with E-state index in [4.69, 9.17) is 9.84 Å². The van der Waals surface area contributed by atoms with E-state index in [1.54, 1.807) is 12.1 Å². The van der Waals surface area contributed by atoms with Gasteiger partial charge in [0.05, 0.1) is 12.7 Å². The Bertz CT molecular complexity index is 406. The summed E-state index contributed by atoms with van der Waals surface area (Å²) >= 11 is 3.35. The smallest absolute Gasteiger partial charge is 0.303 e. The van der Waals surface area contributed by atoms with E-state index in [0.717, 1.165) is 4.47 Å². The number of carbonyl (C=O) groups is 1. The molecule has 2 N–H and O–H groups in total. The number of aliphatic hydroxyl groups is 1. The second kappa shape index (κ2) is 7.38. The van der Waals surface area contributed by atoms with E-state index >= 15 is 0 Å². The lowest BCUT2D eigenvalue weighted by molar-refractivity contribution is -0.137. The summed E-state index contributed by atoms with van der Waals surface area (Å²) in [7, 11) is 0. The van der Waals surface area contributed by atoms with Crippen LogP contribution in [0.3, 0.4) is 0 Å². The SMILES string of the molecule is CCOc1ccc(Br)cc1[C@H](O)CCCC(=O)O. The molecule has 0 radical (unpaired) electrons. The Hall–Kier alpha value is -1.07. The van der Waals surface area contributed by atoms with Gasteiger partial charge in [0.15, 0.2) is 0 Å². The summed E-state index contributed by atoms with van der Waals surface area (Å²) < 4.78 is 6.30. The number of halogens is 1. The van der Waals surface area contributed by atoms with Crippen LogP contribution in [0.4, 0.5) is 0 Å². The molecule has 1 aromatic carbocycles. The van der Waals surface area contributed by atoms with E-state index in [1.165, 1.54) is 0 Å². The third-order valence-corrected chi connectivity index (χ3v) is 2.99. The zero-order chi connectivity index (χ0) is 13.5. The maximum atomic E-state index is 10.4. The van der Waals surface area contributed by atoms with Crippen LogP contribution in [0.5, 0.6) is 5.75 Å². The maximum Gasteiger partial charge on any atom is 0.303 e. The Kier molecular flexibility index (Phi) is 6.15. The highest BCUT2D eigenvalue weighted by Crippen LogP contribution is 2.31. The van der Waals surface area contributed by atoms with E-state index in [-0.39, 0.29) is 6.42 Å². The van der Waals surface area contributed by atoms with Crippen LogP contribution < -0.4 is 4.74 Å². The number of aliphatic hydroxyl groups excluding tert-OH is 1. The number of benzene rings is 1. The van der Waals surface area contributed by atoms with Gasteiger partial charge in [-0.1, -0.05) is 15.9 Å². The molecule has 0 unspecified atom stereocenters. The van der Waals surface area contributed by atoms with E-state index in [1.807, 2.05) is 13.0 Å². The molecule has 0 spiro atoms. The minimum Gasteiger partial charge on any atom is -0.493 e. The molecular formula is C13H17BrO4. The van der Waals surface area contributed by atoms with Gasteiger partial charge in [0.1, 0.15) is 5.75 Å². The fourth-order valence-electron chi connectivity index (χ4n) is 1.67. The summed E-state index contributed by atoms with van der Waals surface area (Å²) in [4.78, 5) is 10.4. The molecule has 0 bridgehead atoms. The Morgan fingerprint density at radius 3 is 2.83 bits per heavy atom. The van der Waals surface area contributed by atoms with Crippen LogP contribution in [0.15, 0.2) is 22.7 Å². The number of hydrogen-bond acceptors (Lipinski definition) is 3. The second-order valence-electron chi connectivity index (χ2n) is 3.92. The minimum atomic E-state index is -0.846. The topological polar surface area (TPSA) is 66.8 Å². The summed E-state index contributed by atoms with van der Waals surface area (Å²) in [5.41, 5.74) is 0.691. The number of ether oxygens (including phenoxy) is 1. The zero-order valence-electron chi connectivity index (χ0n) is 10.2. The average molecular weight is 317 g/mol. The fourth-order valence-corrected chi connectivity index (χ4v) is 2.05. The van der Waals surface area contributed by atoms with Crippen LogP contribution in [-0.4, -0.2) is 22.8 Å². The van der Waals surface area contributed by atoms with Gasteiger partial charge in [-0.3, -0.25) is 4.79 Å². The van der Waals surface area contributed by atoms with Gasteiger partial charge in [0.25, 0.3) is 0 Å². The molecule has 0 aliphatic rings. The quantitative estimate of drug-likeness (QED) is 0.811. The van der Waals surface area contributed by atoms with Crippen molar-refractivity contribution in [1.82, 2.24) is 0 Å². The van der Waals surface area contributed by atoms with Gasteiger partial charge in [-0.25, -0.2) is 0 Å². The Morgan fingerprint density at radius 2 is 2.22 bits per heavy atom. The van der Waals surface area contributed by atoms with Gasteiger partial charge in [0, 0.05) is 16.5 Å². The molecule has 18 heavy (non-hydrogen) atoms. The van der Waals surface area contributed by atoms with Crippen LogP contribution in [0.2, 0.25) is 0 Å². The van der Waals surface area contributed by atoms with Crippen LogP contribution in [-0.2, 0) is 4.79 Å². The van der Waals surface area contributed by atoms with Crippen molar-refractivity contribution in [3.05, 3.63) is 28.2 Å². The number of carboxylic acids is 1. The first-order chi connectivity index (χ1) is 8.54. The normalized spacial score (nSPS) is 12.2. The standard InChI is InChI=1S/C13H17BrO4/c1-2-18-12-7-6-9(14)8-10(12)11(15)4-3-5-13(16)17/h6-8,11,15H,2-5H2,1H3,(H,16,17)/t11-/m1/s1. The first-order valence-corrected chi connectivity index (χ1v) is 6.66. The van der Waals surface area contributed by atoms with Crippen molar-refractivity contribution in [3.63, 3.8) is 0 Å². The molecule has 0 aromatic heterocycles. The molecule has 0 fully saturated rings. The molecule has 4 nitrogen and oxygen atoms in total. The zero-order valence-corrected chi connectivity index (χ0v) is 11.8. The molecule has 1 aromatic rings. The van der Waals surface area contributed by atoms with Crippen molar-refractivity contribution in [2.24, 2.45) is 0 Å². The number of aliphatic carboxylic acids is 1. The summed E-state index contributed by atoms with van der Waals surface area (Å²) in [6.45, 7) is 2.40. The molecule has 0 saturated carbocycles. The van der Waals surface area contributed by atoms with Crippen molar-refractivity contribution in [2.45, 2.75) is 32.3 Å². The lowest BCUT2D eigenvalue weighted by atomic mass is 10.0. The third kappa shape index (κ3) is 4.66. The molecule has 1 rings (SSSR count). The monoisotopic (exact) mass is 316 g/mol. The molecular weight excluding hydrogens is 300 g/mol. The Balaban J connectivity index is 2.72. The number of carboxylic acid groups (broad SMARTS) is 1. The van der Waals surface area contributed by atoms with Crippen LogP contribution in [0, 0.1) is 0 Å². The van der Waals surface area contributed by atoms with Gasteiger partial charge < -0.3 is 14.9 Å². The van der Waals surface area contributed by atoms with E-state index in [0.29, 0.717) is 30.8 Å². The Morgan fingerprint density at radius 1 is 1.50 bits per heavy atom. The van der Waals surface area contributed by atoms with Crippen molar-refractivity contribution in [3.8, 4) is 5.75 Å². The molecule has 0 amide bonds. The highest BCUT2D eigenvalue weighted by Gasteiger charge is 2.14. The average Bonchev–Trinajstić information content (AvgIpc) is 2.31. The fraction of sp³-hybridized carbons (Fsp3) is 0.462. The third-order valence-electron chi connectivity index (χ3n) is 2.50. The van der Waals surface area contributed by atoms with Crippen LogP contribution in [0.1, 0.15) is 37.9 Å². The molecule has 0 heterocycles. The lowest BCUT2D eigenvalue weighted by Gasteiger charge is -2.15. The lowest BCUT2D eigenvalue weighted by Crippen LogP contribution is -2.04. The van der Waals surface area contributed by atoms with E-state index in [9.17, 15) is 9.90 Å². The largest absolute Gasteiger partial charge is 0.493 e. The number of hydrogen-bond donors (Lipinski definition) is 2. The van der Waals surface area contributed by atoms with E-state index in [2.05, 4.69) is 15.9 Å². The van der Waals surface area contributed by atoms with Crippen LogP contribution in [0.25, 0.3) is 0 Å². The first kappa shape index (κ1) is 15.0. The molecule has 100 valence electrons. The van der Waals surface area contributed by atoms with Gasteiger partial charge in [-0.15, -0.1) is 0 Å². The minimum absolute atomic E-state index is 0.0645. The second-order valence-corrected chi connectivity index (χ2v) is 4.83. The highest BCUT2D eigenvalue weighted by atomic mass is 79.9. The van der Waals surface area contributed by atoms with E-state index < -0.39 is 12.1 Å². The van der Waals surface area contributed by atoms with Crippen molar-refractivity contribution in [1.29, 1.82) is 0 Å². The van der Waals surface area contributed by atoms with Crippen LogP contribution >= 0.6 is 15.9 Å². The summed E-state index contributed by atoms with van der Waals surface area (Å²) in [5, 5.41) is 18.6. The molecule has 0 aliphatic carbocycles. The molecule has 0 aliphatic heterocycles. The highest BCUT2D eigenvalue weighted by molar-refractivity contribution is 9.10. The van der Waals surface area contributed by atoms with Gasteiger partial charge in [0.2, 0.25) is 0 Å².